The second-order valence-electron chi connectivity index (χ2n) is 5.66. The van der Waals surface area contributed by atoms with Gasteiger partial charge in [0.1, 0.15) is 5.75 Å². The van der Waals surface area contributed by atoms with E-state index in [4.69, 9.17) is 4.74 Å². The van der Waals surface area contributed by atoms with Crippen LogP contribution in [0.25, 0.3) is 0 Å². The van der Waals surface area contributed by atoms with Gasteiger partial charge in [0, 0.05) is 11.6 Å². The maximum atomic E-state index is 12.9. The van der Waals surface area contributed by atoms with Gasteiger partial charge in [-0.2, -0.15) is 0 Å². The largest absolute Gasteiger partial charge is 0.493 e. The summed E-state index contributed by atoms with van der Waals surface area (Å²) in [7, 11) is 0. The number of rotatable bonds is 7. The summed E-state index contributed by atoms with van der Waals surface area (Å²) in [5.41, 5.74) is 0.155. The van der Waals surface area contributed by atoms with Crippen LogP contribution in [-0.2, 0) is 0 Å². The summed E-state index contributed by atoms with van der Waals surface area (Å²) in [5.74, 6) is -1.33. The van der Waals surface area contributed by atoms with E-state index in [1.54, 1.807) is 0 Å². The Kier molecular flexibility index (Phi) is 6.22. The number of unbranched alkanes of at least 4 members (excludes halogenated alkanes) is 2. The molecule has 0 fully saturated rings. The van der Waals surface area contributed by atoms with E-state index in [9.17, 15) is 8.78 Å². The van der Waals surface area contributed by atoms with Gasteiger partial charge in [-0.05, 0) is 58.7 Å². The van der Waals surface area contributed by atoms with Gasteiger partial charge in [0.05, 0.1) is 6.61 Å². The first-order valence-corrected chi connectivity index (χ1v) is 6.71. The summed E-state index contributed by atoms with van der Waals surface area (Å²) in [6.07, 6.45) is 3.04. The highest BCUT2D eigenvalue weighted by molar-refractivity contribution is 5.23. The lowest BCUT2D eigenvalue weighted by Gasteiger charge is -2.20. The average Bonchev–Trinajstić information content (AvgIpc) is 2.31. The Balaban J connectivity index is 2.09. The van der Waals surface area contributed by atoms with Gasteiger partial charge in [0.25, 0.3) is 0 Å². The van der Waals surface area contributed by atoms with Gasteiger partial charge in [-0.25, -0.2) is 8.78 Å². The minimum Gasteiger partial charge on any atom is -0.493 e. The van der Waals surface area contributed by atoms with Crippen molar-refractivity contribution >= 4 is 0 Å². The Hall–Kier alpha value is -1.16. The molecule has 0 saturated carbocycles. The number of hydrogen-bond donors (Lipinski definition) is 1. The fraction of sp³-hybridized carbons (Fsp3) is 0.600. The fourth-order valence-corrected chi connectivity index (χ4v) is 1.62. The zero-order valence-corrected chi connectivity index (χ0v) is 11.9. The van der Waals surface area contributed by atoms with E-state index in [0.29, 0.717) is 12.4 Å². The van der Waals surface area contributed by atoms with E-state index in [1.165, 1.54) is 6.07 Å². The number of nitrogens with one attached hydrogen (secondary N) is 1. The normalized spacial score (nSPS) is 11.6. The van der Waals surface area contributed by atoms with Crippen molar-refractivity contribution in [1.29, 1.82) is 0 Å². The van der Waals surface area contributed by atoms with Crippen LogP contribution in [0.3, 0.4) is 0 Å². The number of halogens is 2. The molecule has 19 heavy (non-hydrogen) atoms. The van der Waals surface area contributed by atoms with E-state index in [-0.39, 0.29) is 5.54 Å². The molecular weight excluding hydrogens is 248 g/mol. The Bertz CT molecular complexity index is 388. The molecule has 1 rings (SSSR count). The molecule has 0 aromatic heterocycles. The molecule has 4 heteroatoms. The minimum absolute atomic E-state index is 0.155. The Morgan fingerprint density at radius 1 is 1.05 bits per heavy atom. The zero-order chi connectivity index (χ0) is 14.3. The molecule has 0 unspecified atom stereocenters. The van der Waals surface area contributed by atoms with E-state index in [0.717, 1.165) is 37.9 Å². The molecule has 2 nitrogen and oxygen atoms in total. The highest BCUT2D eigenvalue weighted by Crippen LogP contribution is 2.15. The van der Waals surface area contributed by atoms with E-state index < -0.39 is 11.6 Å². The fourth-order valence-electron chi connectivity index (χ4n) is 1.62. The SMILES string of the molecule is CC(C)(C)NCCCCCOc1ccc(F)c(F)c1. The molecule has 0 radical (unpaired) electrons. The van der Waals surface area contributed by atoms with Crippen molar-refractivity contribution in [3.05, 3.63) is 29.8 Å². The molecule has 0 atom stereocenters. The second-order valence-corrected chi connectivity index (χ2v) is 5.66. The van der Waals surface area contributed by atoms with Crippen molar-refractivity contribution in [2.24, 2.45) is 0 Å². The molecule has 0 amide bonds. The molecule has 0 heterocycles. The molecule has 0 aliphatic rings. The minimum atomic E-state index is -0.869. The van der Waals surface area contributed by atoms with Crippen molar-refractivity contribution in [1.82, 2.24) is 5.32 Å². The van der Waals surface area contributed by atoms with Crippen LogP contribution in [0.5, 0.6) is 5.75 Å². The monoisotopic (exact) mass is 271 g/mol. The third kappa shape index (κ3) is 7.11. The Labute approximate surface area is 114 Å². The van der Waals surface area contributed by atoms with Crippen molar-refractivity contribution < 1.29 is 13.5 Å². The molecule has 0 aliphatic heterocycles. The van der Waals surface area contributed by atoms with Crippen LogP contribution in [0.1, 0.15) is 40.0 Å². The maximum Gasteiger partial charge on any atom is 0.162 e. The molecule has 108 valence electrons. The topological polar surface area (TPSA) is 21.3 Å². The summed E-state index contributed by atoms with van der Waals surface area (Å²) in [5, 5.41) is 3.41. The Morgan fingerprint density at radius 3 is 2.42 bits per heavy atom. The molecule has 1 aromatic carbocycles. The first-order chi connectivity index (χ1) is 8.88. The number of benzene rings is 1. The molecule has 0 bridgehead atoms. The van der Waals surface area contributed by atoms with Crippen molar-refractivity contribution in [3.8, 4) is 5.75 Å². The molecule has 1 N–H and O–H groups in total. The zero-order valence-electron chi connectivity index (χ0n) is 11.9. The first kappa shape index (κ1) is 15.9. The van der Waals surface area contributed by atoms with Gasteiger partial charge in [0.15, 0.2) is 11.6 Å². The van der Waals surface area contributed by atoms with Gasteiger partial charge >= 0.3 is 0 Å². The lowest BCUT2D eigenvalue weighted by molar-refractivity contribution is 0.300. The summed E-state index contributed by atoms with van der Waals surface area (Å²) >= 11 is 0. The van der Waals surface area contributed by atoms with Crippen LogP contribution in [0, 0.1) is 11.6 Å². The summed E-state index contributed by atoms with van der Waals surface area (Å²) in [4.78, 5) is 0. The van der Waals surface area contributed by atoms with Crippen LogP contribution in [0.4, 0.5) is 8.78 Å². The molecule has 0 aliphatic carbocycles. The van der Waals surface area contributed by atoms with Crippen LogP contribution in [0.2, 0.25) is 0 Å². The standard InChI is InChI=1S/C15H23F2NO/c1-15(2,3)18-9-5-4-6-10-19-12-7-8-13(16)14(17)11-12/h7-8,11,18H,4-6,9-10H2,1-3H3. The molecular formula is C15H23F2NO. The number of ether oxygens (including phenoxy) is 1. The average molecular weight is 271 g/mol. The number of hydrogen-bond acceptors (Lipinski definition) is 2. The molecule has 0 spiro atoms. The van der Waals surface area contributed by atoms with Gasteiger partial charge < -0.3 is 10.1 Å². The predicted octanol–water partition coefficient (Wildman–Crippen LogP) is 3.90. The van der Waals surface area contributed by atoms with Gasteiger partial charge in [-0.1, -0.05) is 0 Å². The molecule has 1 aromatic rings. The van der Waals surface area contributed by atoms with Crippen LogP contribution >= 0.6 is 0 Å². The van der Waals surface area contributed by atoms with Crippen LogP contribution in [-0.4, -0.2) is 18.7 Å². The van der Waals surface area contributed by atoms with Crippen LogP contribution < -0.4 is 10.1 Å². The van der Waals surface area contributed by atoms with Gasteiger partial charge in [-0.15, -0.1) is 0 Å². The quantitative estimate of drug-likeness (QED) is 0.759. The first-order valence-electron chi connectivity index (χ1n) is 6.71. The second kappa shape index (κ2) is 7.43. The molecule has 0 saturated heterocycles. The third-order valence-electron chi connectivity index (χ3n) is 2.64. The highest BCUT2D eigenvalue weighted by atomic mass is 19.2. The summed E-state index contributed by atoms with van der Waals surface area (Å²) < 4.78 is 31.0. The lowest BCUT2D eigenvalue weighted by atomic mass is 10.1. The lowest BCUT2D eigenvalue weighted by Crippen LogP contribution is -2.36. The van der Waals surface area contributed by atoms with E-state index in [1.807, 2.05) is 0 Å². The highest BCUT2D eigenvalue weighted by Gasteiger charge is 2.07. The summed E-state index contributed by atoms with van der Waals surface area (Å²) in [6.45, 7) is 7.92. The van der Waals surface area contributed by atoms with Crippen molar-refractivity contribution in [2.75, 3.05) is 13.2 Å². The van der Waals surface area contributed by atoms with Crippen molar-refractivity contribution in [3.63, 3.8) is 0 Å². The smallest absolute Gasteiger partial charge is 0.162 e. The van der Waals surface area contributed by atoms with Gasteiger partial charge in [0.2, 0.25) is 0 Å². The van der Waals surface area contributed by atoms with Crippen LogP contribution in [0.15, 0.2) is 18.2 Å². The van der Waals surface area contributed by atoms with Crippen molar-refractivity contribution in [2.45, 2.75) is 45.6 Å². The van der Waals surface area contributed by atoms with E-state index >= 15 is 0 Å². The van der Waals surface area contributed by atoms with E-state index in [2.05, 4.69) is 26.1 Å². The van der Waals surface area contributed by atoms with Gasteiger partial charge in [-0.3, -0.25) is 0 Å². The maximum absolute atomic E-state index is 12.9. The third-order valence-corrected chi connectivity index (χ3v) is 2.64. The predicted molar refractivity (Wildman–Crippen MR) is 73.5 cm³/mol. The Morgan fingerprint density at radius 2 is 1.79 bits per heavy atom. The summed E-state index contributed by atoms with van der Waals surface area (Å²) in [6, 6.07) is 3.61.